The molecule has 1 aromatic heterocycles. The lowest BCUT2D eigenvalue weighted by molar-refractivity contribution is -0.141. The van der Waals surface area contributed by atoms with Gasteiger partial charge in [0.05, 0.1) is 18.2 Å². The van der Waals surface area contributed by atoms with E-state index in [0.29, 0.717) is 11.5 Å². The fourth-order valence-corrected chi connectivity index (χ4v) is 4.50. The topological polar surface area (TPSA) is 21.3 Å². The number of morpholine rings is 1. The van der Waals surface area contributed by atoms with Crippen molar-refractivity contribution in [2.24, 2.45) is 5.41 Å². The maximum absolute atomic E-state index is 6.32. The van der Waals surface area contributed by atoms with Crippen LogP contribution in [0.1, 0.15) is 51.1 Å². The Kier molecular flexibility index (Phi) is 3.25. The number of hydrogen-bond donors (Lipinski definition) is 1. The molecule has 3 rings (SSSR count). The minimum Gasteiger partial charge on any atom is -0.372 e. The molecule has 3 heteroatoms. The van der Waals surface area contributed by atoms with E-state index in [2.05, 4.69) is 36.0 Å². The van der Waals surface area contributed by atoms with Crippen molar-refractivity contribution < 1.29 is 4.74 Å². The van der Waals surface area contributed by atoms with Crippen molar-refractivity contribution >= 4 is 11.3 Å². The average molecular weight is 265 g/mol. The molecule has 1 aliphatic heterocycles. The predicted molar refractivity (Wildman–Crippen MR) is 76.0 cm³/mol. The summed E-state index contributed by atoms with van der Waals surface area (Å²) < 4.78 is 6.32. The van der Waals surface area contributed by atoms with Crippen molar-refractivity contribution in [3.8, 4) is 0 Å². The van der Waals surface area contributed by atoms with Crippen molar-refractivity contribution in [3.63, 3.8) is 0 Å². The van der Waals surface area contributed by atoms with Gasteiger partial charge in [0.2, 0.25) is 0 Å². The fraction of sp³-hybridized carbons (Fsp3) is 0.733. The molecule has 0 amide bonds. The Bertz CT molecular complexity index is 397. The number of rotatable bonds is 1. The zero-order chi connectivity index (χ0) is 12.6. The van der Waals surface area contributed by atoms with Gasteiger partial charge >= 0.3 is 0 Å². The number of hydrogen-bond acceptors (Lipinski definition) is 3. The standard InChI is InChI=1S/C15H23NOS/c1-14(2)5-3-6-15(11-14)13(16-7-8-17-15)12-4-9-18-10-12/h4,9-10,13,16H,3,5-8,11H2,1-2H3. The third-order valence-electron chi connectivity index (χ3n) is 4.47. The predicted octanol–water partition coefficient (Wildman–Crippen LogP) is 3.75. The van der Waals surface area contributed by atoms with Gasteiger partial charge in [-0.1, -0.05) is 13.8 Å². The highest BCUT2D eigenvalue weighted by molar-refractivity contribution is 7.07. The Balaban J connectivity index is 1.91. The van der Waals surface area contributed by atoms with Crippen LogP contribution in [0.25, 0.3) is 0 Å². The fourth-order valence-electron chi connectivity index (χ4n) is 3.81. The highest BCUT2D eigenvalue weighted by Gasteiger charge is 2.48. The molecule has 2 unspecified atom stereocenters. The van der Waals surface area contributed by atoms with Gasteiger partial charge in [-0.2, -0.15) is 11.3 Å². The van der Waals surface area contributed by atoms with E-state index in [1.807, 2.05) is 0 Å². The molecule has 1 saturated heterocycles. The summed E-state index contributed by atoms with van der Waals surface area (Å²) in [5.74, 6) is 0. The van der Waals surface area contributed by atoms with E-state index in [1.165, 1.54) is 31.2 Å². The second-order valence-electron chi connectivity index (χ2n) is 6.55. The SMILES string of the molecule is CC1(C)CCCC2(C1)OCCNC2c1ccsc1. The monoisotopic (exact) mass is 265 g/mol. The molecule has 1 saturated carbocycles. The lowest BCUT2D eigenvalue weighted by Gasteiger charge is -2.51. The first-order valence-corrected chi connectivity index (χ1v) is 7.95. The largest absolute Gasteiger partial charge is 0.372 e. The molecule has 0 aromatic carbocycles. The van der Waals surface area contributed by atoms with Crippen LogP contribution in [0.15, 0.2) is 16.8 Å². The van der Waals surface area contributed by atoms with Crippen LogP contribution < -0.4 is 5.32 Å². The maximum Gasteiger partial charge on any atom is 0.0882 e. The van der Waals surface area contributed by atoms with Crippen molar-refractivity contribution in [1.82, 2.24) is 5.32 Å². The average Bonchev–Trinajstić information content (AvgIpc) is 2.81. The Hall–Kier alpha value is -0.380. The summed E-state index contributed by atoms with van der Waals surface area (Å²) in [5, 5.41) is 8.15. The minimum atomic E-state index is 0.0288. The van der Waals surface area contributed by atoms with Gasteiger partial charge in [0.15, 0.2) is 0 Å². The minimum absolute atomic E-state index is 0.0288. The van der Waals surface area contributed by atoms with E-state index in [9.17, 15) is 0 Å². The van der Waals surface area contributed by atoms with Gasteiger partial charge in [-0.3, -0.25) is 0 Å². The molecule has 2 heterocycles. The van der Waals surface area contributed by atoms with E-state index in [0.717, 1.165) is 13.2 Å². The smallest absolute Gasteiger partial charge is 0.0882 e. The van der Waals surface area contributed by atoms with Crippen LogP contribution in [0, 0.1) is 5.41 Å². The van der Waals surface area contributed by atoms with E-state index in [4.69, 9.17) is 4.74 Å². The molecule has 0 bridgehead atoms. The first-order valence-electron chi connectivity index (χ1n) is 7.01. The lowest BCUT2D eigenvalue weighted by atomic mass is 9.66. The maximum atomic E-state index is 6.32. The van der Waals surface area contributed by atoms with Crippen LogP contribution in [-0.4, -0.2) is 18.8 Å². The Morgan fingerprint density at radius 3 is 3.00 bits per heavy atom. The third kappa shape index (κ3) is 2.24. The zero-order valence-electron chi connectivity index (χ0n) is 11.4. The molecule has 1 aromatic rings. The van der Waals surface area contributed by atoms with Crippen molar-refractivity contribution in [3.05, 3.63) is 22.4 Å². The highest BCUT2D eigenvalue weighted by atomic mass is 32.1. The molecule has 100 valence electrons. The Labute approximate surface area is 114 Å². The summed E-state index contributed by atoms with van der Waals surface area (Å²) in [6, 6.07) is 2.64. The summed E-state index contributed by atoms with van der Waals surface area (Å²) >= 11 is 1.78. The van der Waals surface area contributed by atoms with Crippen LogP contribution in [0.2, 0.25) is 0 Å². The van der Waals surface area contributed by atoms with Gasteiger partial charge in [0, 0.05) is 6.54 Å². The third-order valence-corrected chi connectivity index (χ3v) is 5.18. The van der Waals surface area contributed by atoms with Crippen LogP contribution in [0.5, 0.6) is 0 Å². The molecule has 1 aliphatic carbocycles. The molecule has 1 spiro atoms. The summed E-state index contributed by atoms with van der Waals surface area (Å²) in [7, 11) is 0. The molecule has 2 atom stereocenters. The van der Waals surface area contributed by atoms with Crippen LogP contribution >= 0.6 is 11.3 Å². The molecule has 18 heavy (non-hydrogen) atoms. The van der Waals surface area contributed by atoms with Gasteiger partial charge in [0.1, 0.15) is 0 Å². The zero-order valence-corrected chi connectivity index (χ0v) is 12.2. The van der Waals surface area contributed by atoms with Crippen molar-refractivity contribution in [1.29, 1.82) is 0 Å². The molecular weight excluding hydrogens is 242 g/mol. The molecule has 1 N–H and O–H groups in total. The van der Waals surface area contributed by atoms with Gasteiger partial charge in [-0.05, 0) is 53.5 Å². The second-order valence-corrected chi connectivity index (χ2v) is 7.33. The van der Waals surface area contributed by atoms with Gasteiger partial charge < -0.3 is 10.1 Å². The highest BCUT2D eigenvalue weighted by Crippen LogP contribution is 2.49. The van der Waals surface area contributed by atoms with Crippen LogP contribution in [-0.2, 0) is 4.74 Å². The van der Waals surface area contributed by atoms with Gasteiger partial charge in [-0.15, -0.1) is 0 Å². The lowest BCUT2D eigenvalue weighted by Crippen LogP contribution is -2.55. The van der Waals surface area contributed by atoms with Crippen LogP contribution in [0.4, 0.5) is 0 Å². The van der Waals surface area contributed by atoms with E-state index in [1.54, 1.807) is 11.3 Å². The van der Waals surface area contributed by atoms with Crippen molar-refractivity contribution in [2.75, 3.05) is 13.2 Å². The molecule has 0 radical (unpaired) electrons. The Morgan fingerprint density at radius 2 is 2.28 bits per heavy atom. The molecule has 2 nitrogen and oxygen atoms in total. The van der Waals surface area contributed by atoms with E-state index >= 15 is 0 Å². The summed E-state index contributed by atoms with van der Waals surface area (Å²) in [6.45, 7) is 6.60. The van der Waals surface area contributed by atoms with E-state index in [-0.39, 0.29) is 5.60 Å². The van der Waals surface area contributed by atoms with Gasteiger partial charge in [0.25, 0.3) is 0 Å². The second kappa shape index (κ2) is 4.62. The van der Waals surface area contributed by atoms with Gasteiger partial charge in [-0.25, -0.2) is 0 Å². The molecule has 2 aliphatic rings. The first kappa shape index (κ1) is 12.6. The number of thiophene rings is 1. The quantitative estimate of drug-likeness (QED) is 0.835. The summed E-state index contributed by atoms with van der Waals surface area (Å²) in [5.41, 5.74) is 1.85. The van der Waals surface area contributed by atoms with E-state index < -0.39 is 0 Å². The number of ether oxygens (including phenoxy) is 1. The van der Waals surface area contributed by atoms with Crippen molar-refractivity contribution in [2.45, 2.75) is 51.2 Å². The summed E-state index contributed by atoms with van der Waals surface area (Å²) in [4.78, 5) is 0. The first-order chi connectivity index (χ1) is 8.61. The Morgan fingerprint density at radius 1 is 1.39 bits per heavy atom. The van der Waals surface area contributed by atoms with Crippen LogP contribution in [0.3, 0.4) is 0 Å². The number of nitrogens with one attached hydrogen (secondary N) is 1. The normalized spacial score (nSPS) is 35.8. The summed E-state index contributed by atoms with van der Waals surface area (Å²) in [6.07, 6.45) is 4.99. The molecule has 2 fully saturated rings. The molecular formula is C15H23NOS.